The largest absolute Gasteiger partial charge is 0.381 e. The zero-order valence-electron chi connectivity index (χ0n) is 11.6. The van der Waals surface area contributed by atoms with Gasteiger partial charge in [0.1, 0.15) is 0 Å². The number of fused-ring (bicyclic) bond motifs is 3. The summed E-state index contributed by atoms with van der Waals surface area (Å²) in [5.41, 5.74) is 5.63. The van der Waals surface area contributed by atoms with Gasteiger partial charge in [0.05, 0.1) is 0 Å². The van der Waals surface area contributed by atoms with E-state index >= 15 is 0 Å². The fourth-order valence-electron chi connectivity index (χ4n) is 3.72. The maximum Gasteiger partial charge on any atom is 0.0384 e. The molecule has 0 aromatic heterocycles. The standard InChI is InChI=1S/C18H20N2/c1-2-5-13(6-3-1)14-7-4-8-17-18(14)15-9-11-19-12-10-16(15)20-17/h1-8,15-16,19-20H,9-12H2/t15-,16-/m1/s1. The van der Waals surface area contributed by atoms with Crippen molar-refractivity contribution in [2.24, 2.45) is 0 Å². The molecule has 2 heterocycles. The summed E-state index contributed by atoms with van der Waals surface area (Å²) in [5, 5.41) is 7.27. The van der Waals surface area contributed by atoms with E-state index in [1.54, 1.807) is 0 Å². The maximum absolute atomic E-state index is 3.75. The van der Waals surface area contributed by atoms with Gasteiger partial charge in [0.15, 0.2) is 0 Å². The van der Waals surface area contributed by atoms with Gasteiger partial charge in [0.25, 0.3) is 0 Å². The smallest absolute Gasteiger partial charge is 0.0384 e. The zero-order chi connectivity index (χ0) is 13.4. The van der Waals surface area contributed by atoms with Crippen LogP contribution in [0.4, 0.5) is 5.69 Å². The minimum absolute atomic E-state index is 0.602. The Morgan fingerprint density at radius 3 is 2.60 bits per heavy atom. The molecular formula is C18H20N2. The van der Waals surface area contributed by atoms with E-state index in [1.807, 2.05) is 0 Å². The van der Waals surface area contributed by atoms with Gasteiger partial charge in [-0.1, -0.05) is 42.5 Å². The molecule has 0 saturated carbocycles. The summed E-state index contributed by atoms with van der Waals surface area (Å²) >= 11 is 0. The van der Waals surface area contributed by atoms with Gasteiger partial charge in [-0.25, -0.2) is 0 Å². The molecule has 0 bridgehead atoms. The molecule has 1 fully saturated rings. The molecule has 102 valence electrons. The first-order chi connectivity index (χ1) is 9.93. The second-order valence-corrected chi connectivity index (χ2v) is 5.82. The third kappa shape index (κ3) is 1.92. The third-order valence-electron chi connectivity index (χ3n) is 4.65. The number of nitrogens with one attached hydrogen (secondary N) is 2. The summed E-state index contributed by atoms with van der Waals surface area (Å²) in [6, 6.07) is 18.1. The van der Waals surface area contributed by atoms with Gasteiger partial charge in [-0.05, 0) is 48.7 Å². The number of hydrogen-bond acceptors (Lipinski definition) is 2. The van der Waals surface area contributed by atoms with Gasteiger partial charge in [-0.3, -0.25) is 0 Å². The van der Waals surface area contributed by atoms with E-state index in [0.717, 1.165) is 13.1 Å². The minimum Gasteiger partial charge on any atom is -0.381 e. The van der Waals surface area contributed by atoms with E-state index in [9.17, 15) is 0 Å². The van der Waals surface area contributed by atoms with Gasteiger partial charge in [-0.2, -0.15) is 0 Å². The lowest BCUT2D eigenvalue weighted by Gasteiger charge is -2.18. The molecule has 0 radical (unpaired) electrons. The van der Waals surface area contributed by atoms with Gasteiger partial charge < -0.3 is 10.6 Å². The monoisotopic (exact) mass is 264 g/mol. The van der Waals surface area contributed by atoms with Crippen molar-refractivity contribution in [2.75, 3.05) is 18.4 Å². The second-order valence-electron chi connectivity index (χ2n) is 5.82. The quantitative estimate of drug-likeness (QED) is 0.822. The molecule has 2 aromatic carbocycles. The summed E-state index contributed by atoms with van der Waals surface area (Å²) in [6.45, 7) is 2.26. The number of rotatable bonds is 1. The van der Waals surface area contributed by atoms with Crippen molar-refractivity contribution in [3.8, 4) is 11.1 Å². The van der Waals surface area contributed by atoms with Crippen LogP contribution in [-0.4, -0.2) is 19.1 Å². The van der Waals surface area contributed by atoms with Crippen molar-refractivity contribution in [1.29, 1.82) is 0 Å². The highest BCUT2D eigenvalue weighted by molar-refractivity contribution is 5.77. The lowest BCUT2D eigenvalue weighted by Crippen LogP contribution is -2.21. The molecule has 0 amide bonds. The third-order valence-corrected chi connectivity index (χ3v) is 4.65. The zero-order valence-corrected chi connectivity index (χ0v) is 11.6. The molecule has 1 saturated heterocycles. The summed E-state index contributed by atoms with van der Waals surface area (Å²) in [4.78, 5) is 0. The molecule has 0 unspecified atom stereocenters. The first kappa shape index (κ1) is 12.0. The molecule has 2 aliphatic heterocycles. The van der Waals surface area contributed by atoms with E-state index in [-0.39, 0.29) is 0 Å². The Bertz CT molecular complexity index is 606. The van der Waals surface area contributed by atoms with Crippen LogP contribution in [0.5, 0.6) is 0 Å². The average Bonchev–Trinajstić information content (AvgIpc) is 2.70. The second kappa shape index (κ2) is 4.95. The van der Waals surface area contributed by atoms with Crippen LogP contribution in [-0.2, 0) is 0 Å². The average molecular weight is 264 g/mol. The van der Waals surface area contributed by atoms with E-state index in [0.29, 0.717) is 12.0 Å². The van der Waals surface area contributed by atoms with Crippen molar-refractivity contribution in [3.63, 3.8) is 0 Å². The van der Waals surface area contributed by atoms with Crippen molar-refractivity contribution >= 4 is 5.69 Å². The molecule has 2 heteroatoms. The van der Waals surface area contributed by atoms with Crippen LogP contribution in [0.2, 0.25) is 0 Å². The molecule has 2 aromatic rings. The first-order valence-corrected chi connectivity index (χ1v) is 7.59. The minimum atomic E-state index is 0.602. The van der Waals surface area contributed by atoms with E-state index in [1.165, 1.54) is 35.2 Å². The lowest BCUT2D eigenvalue weighted by atomic mass is 9.86. The van der Waals surface area contributed by atoms with Crippen LogP contribution >= 0.6 is 0 Å². The molecular weight excluding hydrogens is 244 g/mol. The molecule has 0 spiro atoms. The predicted molar refractivity (Wildman–Crippen MR) is 84.1 cm³/mol. The highest BCUT2D eigenvalue weighted by atomic mass is 15.0. The predicted octanol–water partition coefficient (Wildman–Crippen LogP) is 3.61. The van der Waals surface area contributed by atoms with Crippen molar-refractivity contribution < 1.29 is 0 Å². The maximum atomic E-state index is 3.75. The molecule has 2 aliphatic rings. The van der Waals surface area contributed by atoms with E-state index < -0.39 is 0 Å². The van der Waals surface area contributed by atoms with Crippen molar-refractivity contribution in [2.45, 2.75) is 24.8 Å². The Kier molecular flexibility index (Phi) is 2.96. The van der Waals surface area contributed by atoms with E-state index in [2.05, 4.69) is 59.2 Å². The topological polar surface area (TPSA) is 24.1 Å². The molecule has 20 heavy (non-hydrogen) atoms. The van der Waals surface area contributed by atoms with Gasteiger partial charge in [-0.15, -0.1) is 0 Å². The number of hydrogen-bond donors (Lipinski definition) is 2. The van der Waals surface area contributed by atoms with Crippen LogP contribution < -0.4 is 10.6 Å². The first-order valence-electron chi connectivity index (χ1n) is 7.59. The number of benzene rings is 2. The van der Waals surface area contributed by atoms with E-state index in [4.69, 9.17) is 0 Å². The molecule has 4 rings (SSSR count). The molecule has 0 aliphatic carbocycles. The summed E-state index contributed by atoms with van der Waals surface area (Å²) in [5.74, 6) is 0.649. The Balaban J connectivity index is 1.83. The highest BCUT2D eigenvalue weighted by Crippen LogP contribution is 2.45. The van der Waals surface area contributed by atoms with Crippen LogP contribution in [0.15, 0.2) is 48.5 Å². The highest BCUT2D eigenvalue weighted by Gasteiger charge is 2.34. The van der Waals surface area contributed by atoms with Crippen LogP contribution in [0.3, 0.4) is 0 Å². The molecule has 2 nitrogen and oxygen atoms in total. The van der Waals surface area contributed by atoms with Crippen LogP contribution in [0.25, 0.3) is 11.1 Å². The number of anilines is 1. The normalized spacial score (nSPS) is 24.4. The van der Waals surface area contributed by atoms with Gasteiger partial charge in [0, 0.05) is 17.6 Å². The molecule has 2 atom stereocenters. The van der Waals surface area contributed by atoms with Crippen LogP contribution in [0, 0.1) is 0 Å². The lowest BCUT2D eigenvalue weighted by molar-refractivity contribution is 0.579. The Morgan fingerprint density at radius 2 is 1.70 bits per heavy atom. The fourth-order valence-corrected chi connectivity index (χ4v) is 3.72. The van der Waals surface area contributed by atoms with Crippen molar-refractivity contribution in [3.05, 3.63) is 54.1 Å². The summed E-state index contributed by atoms with van der Waals surface area (Å²) < 4.78 is 0. The Labute approximate surface area is 120 Å². The van der Waals surface area contributed by atoms with Gasteiger partial charge in [0.2, 0.25) is 0 Å². The Morgan fingerprint density at radius 1 is 0.850 bits per heavy atom. The SMILES string of the molecule is c1ccc(-c2cccc3c2[C@@H]2CCNCC[C@H]2N3)cc1. The van der Waals surface area contributed by atoms with Crippen molar-refractivity contribution in [1.82, 2.24) is 5.32 Å². The fraction of sp³-hybridized carbons (Fsp3) is 0.333. The van der Waals surface area contributed by atoms with Crippen LogP contribution in [0.1, 0.15) is 24.3 Å². The molecule has 2 N–H and O–H groups in total. The summed E-state index contributed by atoms with van der Waals surface area (Å²) in [6.07, 6.45) is 2.45. The Hall–Kier alpha value is -1.80. The summed E-state index contributed by atoms with van der Waals surface area (Å²) in [7, 11) is 0. The van der Waals surface area contributed by atoms with Gasteiger partial charge >= 0.3 is 0 Å².